The fraction of sp³-hybridized carbons (Fsp3) is 0.571. The molecule has 7 heteroatoms. The first-order chi connectivity index (χ1) is 13.7. The molecule has 2 aromatic rings. The van der Waals surface area contributed by atoms with Crippen LogP contribution in [0.1, 0.15) is 62.1 Å². The van der Waals surface area contributed by atoms with Crippen molar-refractivity contribution in [3.05, 3.63) is 40.9 Å². The zero-order valence-electron chi connectivity index (χ0n) is 17.1. The summed E-state index contributed by atoms with van der Waals surface area (Å²) in [6.07, 6.45) is 8.56. The lowest BCUT2D eigenvalue weighted by atomic mass is 10.1. The van der Waals surface area contributed by atoms with E-state index >= 15 is 0 Å². The molecule has 0 amide bonds. The van der Waals surface area contributed by atoms with Crippen LogP contribution in [0.5, 0.6) is 5.88 Å². The van der Waals surface area contributed by atoms with Crippen LogP contribution in [0.25, 0.3) is 0 Å². The molecular weight excluding hydrogens is 354 g/mol. The van der Waals surface area contributed by atoms with Gasteiger partial charge in [-0.15, -0.1) is 0 Å². The van der Waals surface area contributed by atoms with Crippen molar-refractivity contribution in [3.63, 3.8) is 0 Å². The van der Waals surface area contributed by atoms with E-state index in [-0.39, 0.29) is 0 Å². The molecule has 0 radical (unpaired) electrons. The van der Waals surface area contributed by atoms with Crippen molar-refractivity contribution in [1.29, 1.82) is 0 Å². The number of aliphatic imine (C=N–C) groups is 1. The number of ether oxygens (including phenoxy) is 1. The van der Waals surface area contributed by atoms with Crippen LogP contribution < -0.4 is 15.4 Å². The normalized spacial score (nSPS) is 15.0. The van der Waals surface area contributed by atoms with E-state index in [1.54, 1.807) is 13.2 Å². The van der Waals surface area contributed by atoms with Gasteiger partial charge in [-0.3, -0.25) is 4.99 Å². The molecule has 28 heavy (non-hydrogen) atoms. The van der Waals surface area contributed by atoms with Crippen LogP contribution in [0.4, 0.5) is 0 Å². The SMILES string of the molecule is CCc1noc(CC)c1CNC(=NC)NCc1ccnc(OC2CCCC2)c1. The van der Waals surface area contributed by atoms with Gasteiger partial charge in [0.2, 0.25) is 5.88 Å². The fourth-order valence-corrected chi connectivity index (χ4v) is 3.52. The number of rotatable bonds is 8. The monoisotopic (exact) mass is 385 g/mol. The van der Waals surface area contributed by atoms with Gasteiger partial charge in [0.1, 0.15) is 11.9 Å². The Kier molecular flexibility index (Phi) is 7.28. The van der Waals surface area contributed by atoms with E-state index in [1.165, 1.54) is 12.8 Å². The van der Waals surface area contributed by atoms with Crippen LogP contribution in [0.3, 0.4) is 0 Å². The third-order valence-corrected chi connectivity index (χ3v) is 5.11. The molecule has 2 heterocycles. The highest BCUT2D eigenvalue weighted by Crippen LogP contribution is 2.23. The molecule has 1 saturated carbocycles. The van der Waals surface area contributed by atoms with Gasteiger partial charge >= 0.3 is 0 Å². The van der Waals surface area contributed by atoms with E-state index < -0.39 is 0 Å². The average Bonchev–Trinajstić information content (AvgIpc) is 3.37. The van der Waals surface area contributed by atoms with Crippen LogP contribution in [-0.2, 0) is 25.9 Å². The Labute approximate surface area is 167 Å². The molecule has 1 fully saturated rings. The predicted octanol–water partition coefficient (Wildman–Crippen LogP) is 3.38. The number of nitrogens with one attached hydrogen (secondary N) is 2. The molecule has 1 aliphatic carbocycles. The summed E-state index contributed by atoms with van der Waals surface area (Å²) in [5, 5.41) is 10.9. The lowest BCUT2D eigenvalue weighted by Gasteiger charge is -2.14. The summed E-state index contributed by atoms with van der Waals surface area (Å²) in [4.78, 5) is 8.66. The minimum Gasteiger partial charge on any atom is -0.474 e. The highest BCUT2D eigenvalue weighted by atomic mass is 16.5. The lowest BCUT2D eigenvalue weighted by molar-refractivity contribution is 0.201. The van der Waals surface area contributed by atoms with Crippen molar-refractivity contribution in [2.24, 2.45) is 4.99 Å². The molecule has 2 aromatic heterocycles. The molecule has 0 aliphatic heterocycles. The topological polar surface area (TPSA) is 84.6 Å². The second-order valence-electron chi connectivity index (χ2n) is 7.04. The zero-order valence-corrected chi connectivity index (χ0v) is 17.1. The van der Waals surface area contributed by atoms with E-state index in [9.17, 15) is 0 Å². The Morgan fingerprint density at radius 3 is 2.71 bits per heavy atom. The van der Waals surface area contributed by atoms with Gasteiger partial charge in [-0.05, 0) is 43.7 Å². The van der Waals surface area contributed by atoms with Gasteiger partial charge in [0.25, 0.3) is 0 Å². The highest BCUT2D eigenvalue weighted by Gasteiger charge is 2.17. The third-order valence-electron chi connectivity index (χ3n) is 5.11. The minimum absolute atomic E-state index is 0.314. The number of hydrogen-bond donors (Lipinski definition) is 2. The molecule has 7 nitrogen and oxygen atoms in total. The van der Waals surface area contributed by atoms with Gasteiger partial charge in [0.15, 0.2) is 5.96 Å². The average molecular weight is 386 g/mol. The second-order valence-corrected chi connectivity index (χ2v) is 7.04. The van der Waals surface area contributed by atoms with E-state index in [0.717, 1.165) is 54.2 Å². The Balaban J connectivity index is 1.53. The fourth-order valence-electron chi connectivity index (χ4n) is 3.52. The molecule has 3 rings (SSSR count). The Morgan fingerprint density at radius 2 is 2.00 bits per heavy atom. The number of hydrogen-bond acceptors (Lipinski definition) is 5. The first-order valence-corrected chi connectivity index (χ1v) is 10.3. The van der Waals surface area contributed by atoms with Crippen molar-refractivity contribution in [2.45, 2.75) is 71.6 Å². The van der Waals surface area contributed by atoms with Crippen LogP contribution in [0.2, 0.25) is 0 Å². The maximum absolute atomic E-state index is 5.99. The smallest absolute Gasteiger partial charge is 0.213 e. The summed E-state index contributed by atoms with van der Waals surface area (Å²) in [6.45, 7) is 5.45. The second kappa shape index (κ2) is 10.1. The molecule has 0 atom stereocenters. The quantitative estimate of drug-likeness (QED) is 0.535. The van der Waals surface area contributed by atoms with Gasteiger partial charge < -0.3 is 19.9 Å². The maximum atomic E-state index is 5.99. The van der Waals surface area contributed by atoms with Gasteiger partial charge in [-0.1, -0.05) is 19.0 Å². The van der Waals surface area contributed by atoms with Crippen LogP contribution in [0.15, 0.2) is 27.8 Å². The van der Waals surface area contributed by atoms with Crippen LogP contribution >= 0.6 is 0 Å². The number of guanidine groups is 1. The van der Waals surface area contributed by atoms with Gasteiger partial charge in [-0.25, -0.2) is 4.98 Å². The maximum Gasteiger partial charge on any atom is 0.213 e. The van der Waals surface area contributed by atoms with E-state index in [2.05, 4.69) is 39.6 Å². The van der Waals surface area contributed by atoms with E-state index in [1.807, 2.05) is 12.1 Å². The van der Waals surface area contributed by atoms with E-state index in [4.69, 9.17) is 9.26 Å². The molecule has 0 bridgehead atoms. The van der Waals surface area contributed by atoms with Gasteiger partial charge in [0.05, 0.1) is 5.69 Å². The zero-order chi connectivity index (χ0) is 19.8. The van der Waals surface area contributed by atoms with Crippen molar-refractivity contribution >= 4 is 5.96 Å². The van der Waals surface area contributed by atoms with Crippen molar-refractivity contribution in [3.8, 4) is 5.88 Å². The summed E-state index contributed by atoms with van der Waals surface area (Å²) in [6, 6.07) is 4.00. The highest BCUT2D eigenvalue weighted by molar-refractivity contribution is 5.79. The number of nitrogens with zero attached hydrogens (tertiary/aromatic N) is 3. The molecular formula is C21H31N5O2. The lowest BCUT2D eigenvalue weighted by Crippen LogP contribution is -2.36. The largest absolute Gasteiger partial charge is 0.474 e. The third kappa shape index (κ3) is 5.24. The summed E-state index contributed by atoms with van der Waals surface area (Å²) < 4.78 is 11.4. The first-order valence-electron chi connectivity index (χ1n) is 10.3. The van der Waals surface area contributed by atoms with Crippen LogP contribution in [0, 0.1) is 0 Å². The Morgan fingerprint density at radius 1 is 1.21 bits per heavy atom. The van der Waals surface area contributed by atoms with Crippen molar-refractivity contribution in [1.82, 2.24) is 20.8 Å². The molecule has 0 saturated heterocycles. The summed E-state index contributed by atoms with van der Waals surface area (Å²) in [7, 11) is 1.77. The number of aromatic nitrogens is 2. The molecule has 2 N–H and O–H groups in total. The molecule has 152 valence electrons. The Bertz CT molecular complexity index is 759. The van der Waals surface area contributed by atoms with Crippen LogP contribution in [-0.4, -0.2) is 29.3 Å². The minimum atomic E-state index is 0.314. The summed E-state index contributed by atoms with van der Waals surface area (Å²) in [5.41, 5.74) is 3.24. The summed E-state index contributed by atoms with van der Waals surface area (Å²) >= 11 is 0. The summed E-state index contributed by atoms with van der Waals surface area (Å²) in [5.74, 6) is 2.38. The standard InChI is InChI=1S/C21H31N5O2/c1-4-18-17(19(5-2)28-26-18)14-25-21(22-3)24-13-15-10-11-23-20(12-15)27-16-8-6-7-9-16/h10-12,16H,4-9,13-14H2,1-3H3,(H2,22,24,25). The first kappa shape index (κ1) is 20.2. The number of aryl methyl sites for hydroxylation is 2. The van der Waals surface area contributed by atoms with Crippen molar-refractivity contribution < 1.29 is 9.26 Å². The molecule has 0 unspecified atom stereocenters. The van der Waals surface area contributed by atoms with Gasteiger partial charge in [-0.2, -0.15) is 0 Å². The molecule has 0 aromatic carbocycles. The molecule has 1 aliphatic rings. The van der Waals surface area contributed by atoms with E-state index in [0.29, 0.717) is 25.1 Å². The molecule has 0 spiro atoms. The Hall–Kier alpha value is -2.57. The number of pyridine rings is 1. The van der Waals surface area contributed by atoms with Crippen molar-refractivity contribution in [2.75, 3.05) is 7.05 Å². The van der Waals surface area contributed by atoms with Gasteiger partial charge in [0, 0.05) is 44.4 Å². The predicted molar refractivity (Wildman–Crippen MR) is 109 cm³/mol.